The van der Waals surface area contributed by atoms with Crippen LogP contribution < -0.4 is 11.3 Å². The van der Waals surface area contributed by atoms with Crippen molar-refractivity contribution in [2.45, 2.75) is 32.4 Å². The van der Waals surface area contributed by atoms with Crippen LogP contribution >= 0.6 is 0 Å². The summed E-state index contributed by atoms with van der Waals surface area (Å²) in [5.74, 6) is 0.459. The second-order valence-electron chi connectivity index (χ2n) is 5.22. The second-order valence-corrected chi connectivity index (χ2v) is 5.22. The van der Waals surface area contributed by atoms with E-state index in [4.69, 9.17) is 5.73 Å². The molecule has 0 aliphatic heterocycles. The number of nitrogens with two attached hydrogens (primary N) is 1. The van der Waals surface area contributed by atoms with E-state index in [9.17, 15) is 4.79 Å². The van der Waals surface area contributed by atoms with E-state index < -0.39 is 0 Å². The number of fused-ring (bicyclic) bond motifs is 1. The highest BCUT2D eigenvalue weighted by molar-refractivity contribution is 5.39. The highest BCUT2D eigenvalue weighted by atomic mass is 16.1. The number of aryl methyl sites for hydroxylation is 1. The smallest absolute Gasteiger partial charge is 0.255 e. The Hall–Kier alpha value is -1.87. The lowest BCUT2D eigenvalue weighted by atomic mass is 9.77. The zero-order valence-electron chi connectivity index (χ0n) is 11.1. The molecule has 1 aliphatic carbocycles. The summed E-state index contributed by atoms with van der Waals surface area (Å²) < 4.78 is 1.86. The molecule has 1 aliphatic rings. The van der Waals surface area contributed by atoms with Gasteiger partial charge in [-0.25, -0.2) is 0 Å². The minimum atomic E-state index is 0.0619. The first-order valence-corrected chi connectivity index (χ1v) is 6.68. The van der Waals surface area contributed by atoms with Gasteiger partial charge in [0.05, 0.1) is 0 Å². The molecule has 0 spiro atoms. The van der Waals surface area contributed by atoms with Gasteiger partial charge in [-0.05, 0) is 30.5 Å². The van der Waals surface area contributed by atoms with Crippen LogP contribution in [0, 0.1) is 6.92 Å². The highest BCUT2D eigenvalue weighted by Gasteiger charge is 2.26. The molecule has 2 aromatic rings. The molecular weight excluding hydrogens is 236 g/mol. The summed E-state index contributed by atoms with van der Waals surface area (Å²) in [6, 6.07) is 12.3. The SMILES string of the molecule is Cc1ccc(CN)c(=O)n1CC1Cc2ccccc21. The summed E-state index contributed by atoms with van der Waals surface area (Å²) in [5, 5.41) is 0. The van der Waals surface area contributed by atoms with Gasteiger partial charge in [-0.15, -0.1) is 0 Å². The third-order valence-electron chi connectivity index (χ3n) is 4.06. The maximum atomic E-state index is 12.3. The molecule has 1 atom stereocenters. The van der Waals surface area contributed by atoms with Crippen molar-refractivity contribution in [1.29, 1.82) is 0 Å². The van der Waals surface area contributed by atoms with Crippen LogP contribution in [0.25, 0.3) is 0 Å². The van der Waals surface area contributed by atoms with E-state index in [-0.39, 0.29) is 5.56 Å². The van der Waals surface area contributed by atoms with E-state index in [1.165, 1.54) is 11.1 Å². The summed E-state index contributed by atoms with van der Waals surface area (Å²) in [4.78, 5) is 12.3. The van der Waals surface area contributed by atoms with Gasteiger partial charge in [0.15, 0.2) is 0 Å². The summed E-state index contributed by atoms with van der Waals surface area (Å²) in [7, 11) is 0. The van der Waals surface area contributed by atoms with E-state index >= 15 is 0 Å². The number of hydrogen-bond donors (Lipinski definition) is 1. The number of pyridine rings is 1. The molecule has 2 N–H and O–H groups in total. The van der Waals surface area contributed by atoms with Crippen LogP contribution in [0.5, 0.6) is 0 Å². The minimum absolute atomic E-state index is 0.0619. The van der Waals surface area contributed by atoms with Crippen LogP contribution in [0.4, 0.5) is 0 Å². The molecule has 0 saturated heterocycles. The molecule has 3 nitrogen and oxygen atoms in total. The van der Waals surface area contributed by atoms with E-state index in [0.717, 1.165) is 18.7 Å². The molecule has 19 heavy (non-hydrogen) atoms. The Kier molecular flexibility index (Phi) is 2.99. The molecule has 1 aromatic carbocycles. The Morgan fingerprint density at radius 1 is 1.26 bits per heavy atom. The fraction of sp³-hybridized carbons (Fsp3) is 0.312. The Morgan fingerprint density at radius 3 is 2.79 bits per heavy atom. The largest absolute Gasteiger partial charge is 0.326 e. The Bertz CT molecular complexity index is 673. The van der Waals surface area contributed by atoms with Crippen molar-refractivity contribution in [3.63, 3.8) is 0 Å². The quantitative estimate of drug-likeness (QED) is 0.910. The van der Waals surface area contributed by atoms with Gasteiger partial charge in [-0.1, -0.05) is 30.3 Å². The summed E-state index contributed by atoms with van der Waals surface area (Å²) in [5.41, 5.74) is 10.2. The molecule has 0 bridgehead atoms. The average molecular weight is 254 g/mol. The maximum Gasteiger partial charge on any atom is 0.255 e. The topological polar surface area (TPSA) is 48.0 Å². The Labute approximate surface area is 112 Å². The molecule has 0 amide bonds. The number of rotatable bonds is 3. The van der Waals surface area contributed by atoms with Crippen LogP contribution in [0.2, 0.25) is 0 Å². The molecule has 1 aromatic heterocycles. The average Bonchev–Trinajstić information content (AvgIpc) is 2.39. The molecule has 0 fully saturated rings. The van der Waals surface area contributed by atoms with Crippen molar-refractivity contribution >= 4 is 0 Å². The predicted molar refractivity (Wildman–Crippen MR) is 76.2 cm³/mol. The van der Waals surface area contributed by atoms with Crippen molar-refractivity contribution in [1.82, 2.24) is 4.57 Å². The molecule has 1 unspecified atom stereocenters. The van der Waals surface area contributed by atoms with E-state index in [1.807, 2.05) is 23.6 Å². The van der Waals surface area contributed by atoms with E-state index in [1.54, 1.807) is 0 Å². The fourth-order valence-corrected chi connectivity index (χ4v) is 2.84. The third-order valence-corrected chi connectivity index (χ3v) is 4.06. The highest BCUT2D eigenvalue weighted by Crippen LogP contribution is 2.35. The van der Waals surface area contributed by atoms with Gasteiger partial charge in [0.25, 0.3) is 5.56 Å². The molecule has 0 radical (unpaired) electrons. The lowest BCUT2D eigenvalue weighted by Gasteiger charge is -2.31. The van der Waals surface area contributed by atoms with Gasteiger partial charge in [-0.3, -0.25) is 4.79 Å². The zero-order valence-corrected chi connectivity index (χ0v) is 11.1. The number of hydrogen-bond acceptors (Lipinski definition) is 2. The number of aromatic nitrogens is 1. The van der Waals surface area contributed by atoms with Gasteiger partial charge < -0.3 is 10.3 Å². The van der Waals surface area contributed by atoms with E-state index in [2.05, 4.69) is 24.3 Å². The second kappa shape index (κ2) is 4.67. The first kappa shape index (κ1) is 12.2. The summed E-state index contributed by atoms with van der Waals surface area (Å²) in [6.45, 7) is 3.04. The third kappa shape index (κ3) is 2.00. The van der Waals surface area contributed by atoms with Crippen LogP contribution in [0.3, 0.4) is 0 Å². The lowest BCUT2D eigenvalue weighted by molar-refractivity contribution is 0.489. The van der Waals surface area contributed by atoms with E-state index in [0.29, 0.717) is 18.0 Å². The van der Waals surface area contributed by atoms with Crippen molar-refractivity contribution in [2.75, 3.05) is 0 Å². The standard InChI is InChI=1S/C16H18N2O/c1-11-6-7-13(9-17)16(19)18(11)10-14-8-12-4-2-3-5-15(12)14/h2-7,14H,8-10,17H2,1H3. The van der Waals surface area contributed by atoms with Gasteiger partial charge in [0.1, 0.15) is 0 Å². The van der Waals surface area contributed by atoms with Gasteiger partial charge in [0, 0.05) is 30.3 Å². The number of benzene rings is 1. The normalized spacial score (nSPS) is 16.8. The zero-order chi connectivity index (χ0) is 13.4. The first-order chi connectivity index (χ1) is 9.20. The monoisotopic (exact) mass is 254 g/mol. The molecular formula is C16H18N2O. The fourth-order valence-electron chi connectivity index (χ4n) is 2.84. The maximum absolute atomic E-state index is 12.3. The van der Waals surface area contributed by atoms with Crippen LogP contribution in [0.15, 0.2) is 41.2 Å². The Balaban J connectivity index is 1.92. The van der Waals surface area contributed by atoms with Gasteiger partial charge >= 0.3 is 0 Å². The van der Waals surface area contributed by atoms with Gasteiger partial charge in [-0.2, -0.15) is 0 Å². The van der Waals surface area contributed by atoms with Crippen molar-refractivity contribution < 1.29 is 0 Å². The molecule has 3 heteroatoms. The predicted octanol–water partition coefficient (Wildman–Crippen LogP) is 1.96. The van der Waals surface area contributed by atoms with Crippen LogP contribution in [0.1, 0.15) is 28.3 Å². The van der Waals surface area contributed by atoms with Gasteiger partial charge in [0.2, 0.25) is 0 Å². The molecule has 98 valence electrons. The van der Waals surface area contributed by atoms with Crippen molar-refractivity contribution in [3.8, 4) is 0 Å². The number of nitrogens with zero attached hydrogens (tertiary/aromatic N) is 1. The van der Waals surface area contributed by atoms with Crippen LogP contribution in [-0.4, -0.2) is 4.57 Å². The first-order valence-electron chi connectivity index (χ1n) is 6.68. The van der Waals surface area contributed by atoms with Crippen LogP contribution in [-0.2, 0) is 19.5 Å². The van der Waals surface area contributed by atoms with Crippen molar-refractivity contribution in [2.24, 2.45) is 5.73 Å². The molecule has 1 heterocycles. The van der Waals surface area contributed by atoms with Crippen molar-refractivity contribution in [3.05, 3.63) is 69.1 Å². The molecule has 3 rings (SSSR count). The summed E-state index contributed by atoms with van der Waals surface area (Å²) >= 11 is 0. The summed E-state index contributed by atoms with van der Waals surface area (Å²) in [6.07, 6.45) is 1.06. The lowest BCUT2D eigenvalue weighted by Crippen LogP contribution is -2.32. The Morgan fingerprint density at radius 2 is 2.05 bits per heavy atom. The molecule has 0 saturated carbocycles. The minimum Gasteiger partial charge on any atom is -0.326 e.